The molecule has 0 bridgehead atoms. The number of likely N-dealkylation sites (N-methyl/N-ethyl adjacent to an activating group) is 1. The maximum absolute atomic E-state index is 11.9. The molecule has 6 heteroatoms. The molecule has 4 rings (SSSR count). The van der Waals surface area contributed by atoms with E-state index in [1.54, 1.807) is 13.0 Å². The highest BCUT2D eigenvalue weighted by Crippen LogP contribution is 2.35. The number of hydrogen-bond acceptors (Lipinski definition) is 6. The van der Waals surface area contributed by atoms with E-state index >= 15 is 0 Å². The van der Waals surface area contributed by atoms with Crippen LogP contribution in [0.3, 0.4) is 0 Å². The van der Waals surface area contributed by atoms with Gasteiger partial charge in [0.05, 0.1) is 5.56 Å². The molecule has 142 valence electrons. The highest BCUT2D eigenvalue weighted by molar-refractivity contribution is 5.83. The molecule has 1 saturated heterocycles. The fourth-order valence-corrected chi connectivity index (χ4v) is 3.57. The van der Waals surface area contributed by atoms with Crippen molar-refractivity contribution in [3.05, 3.63) is 45.8 Å². The molecule has 0 spiro atoms. The molecule has 1 unspecified atom stereocenters. The van der Waals surface area contributed by atoms with E-state index in [1.807, 2.05) is 18.2 Å². The zero-order valence-electron chi connectivity index (χ0n) is 15.7. The van der Waals surface area contributed by atoms with Gasteiger partial charge in [0, 0.05) is 23.6 Å². The molecule has 0 amide bonds. The van der Waals surface area contributed by atoms with Crippen LogP contribution in [0.5, 0.6) is 11.5 Å². The zero-order chi connectivity index (χ0) is 19.1. The fraction of sp³-hybridized carbons (Fsp3) is 0.381. The molecule has 3 aromatic rings. The smallest absolute Gasteiger partial charge is 0.343 e. The Hall–Kier alpha value is -2.73. The van der Waals surface area contributed by atoms with Crippen LogP contribution in [0.25, 0.3) is 22.5 Å². The maximum atomic E-state index is 11.9. The minimum atomic E-state index is -0.570. The van der Waals surface area contributed by atoms with Crippen molar-refractivity contribution < 1.29 is 18.7 Å². The quantitative estimate of drug-likeness (QED) is 0.756. The monoisotopic (exact) mass is 369 g/mol. The van der Waals surface area contributed by atoms with Crippen LogP contribution in [-0.2, 0) is 0 Å². The topological polar surface area (TPSA) is 76.0 Å². The van der Waals surface area contributed by atoms with Crippen molar-refractivity contribution in [3.8, 4) is 23.0 Å². The van der Waals surface area contributed by atoms with E-state index in [1.165, 1.54) is 6.92 Å². The Balaban J connectivity index is 1.66. The van der Waals surface area contributed by atoms with Gasteiger partial charge in [-0.1, -0.05) is 0 Å². The van der Waals surface area contributed by atoms with Gasteiger partial charge in [-0.25, -0.2) is 4.79 Å². The second-order valence-corrected chi connectivity index (χ2v) is 7.27. The van der Waals surface area contributed by atoms with Crippen LogP contribution >= 0.6 is 0 Å². The van der Waals surface area contributed by atoms with Gasteiger partial charge in [-0.2, -0.15) is 0 Å². The standard InChI is InChI=1S/C21H23NO5/c1-12-19(23)13(2)21(24)27-20(12)18-9-14-6-7-15(10-17(14)26-18)25-16-5-4-8-22(3)11-16/h6-7,9-10,16,23H,4-5,8,11H2,1-3H3. The van der Waals surface area contributed by atoms with Crippen LogP contribution < -0.4 is 10.4 Å². The van der Waals surface area contributed by atoms with Crippen molar-refractivity contribution in [2.45, 2.75) is 32.8 Å². The summed E-state index contributed by atoms with van der Waals surface area (Å²) in [5.41, 5.74) is 0.751. The number of nitrogens with zero attached hydrogens (tertiary/aromatic N) is 1. The molecule has 0 aliphatic carbocycles. The molecule has 0 saturated carbocycles. The first-order chi connectivity index (χ1) is 12.9. The van der Waals surface area contributed by atoms with Crippen molar-refractivity contribution in [1.82, 2.24) is 4.90 Å². The summed E-state index contributed by atoms with van der Waals surface area (Å²) >= 11 is 0. The number of furan rings is 1. The molecule has 3 heterocycles. The second kappa shape index (κ2) is 6.78. The Morgan fingerprint density at radius 3 is 2.78 bits per heavy atom. The summed E-state index contributed by atoms with van der Waals surface area (Å²) < 4.78 is 17.4. The number of hydrogen-bond donors (Lipinski definition) is 1. The first-order valence-corrected chi connectivity index (χ1v) is 9.15. The van der Waals surface area contributed by atoms with E-state index in [2.05, 4.69) is 11.9 Å². The molecular formula is C21H23NO5. The lowest BCUT2D eigenvalue weighted by Gasteiger charge is -2.29. The van der Waals surface area contributed by atoms with Crippen LogP contribution in [0.15, 0.2) is 37.9 Å². The van der Waals surface area contributed by atoms with Gasteiger partial charge >= 0.3 is 5.63 Å². The van der Waals surface area contributed by atoms with E-state index in [0.717, 1.165) is 37.1 Å². The number of benzene rings is 1. The summed E-state index contributed by atoms with van der Waals surface area (Å²) in [5.74, 6) is 1.35. The molecule has 0 radical (unpaired) electrons. The third kappa shape index (κ3) is 3.32. The van der Waals surface area contributed by atoms with Gasteiger partial charge in [0.1, 0.15) is 23.2 Å². The molecule has 1 atom stereocenters. The Kier molecular flexibility index (Phi) is 4.44. The summed E-state index contributed by atoms with van der Waals surface area (Å²) in [7, 11) is 2.10. The molecule has 27 heavy (non-hydrogen) atoms. The minimum Gasteiger partial charge on any atom is -0.507 e. The third-order valence-corrected chi connectivity index (χ3v) is 5.15. The predicted octanol–water partition coefficient (Wildman–Crippen LogP) is 3.85. The van der Waals surface area contributed by atoms with Crippen LogP contribution in [0.1, 0.15) is 24.0 Å². The second-order valence-electron chi connectivity index (χ2n) is 7.27. The summed E-state index contributed by atoms with van der Waals surface area (Å²) in [6.45, 7) is 5.24. The Morgan fingerprint density at radius 1 is 1.19 bits per heavy atom. The number of piperidine rings is 1. The van der Waals surface area contributed by atoms with Crippen LogP contribution in [0.2, 0.25) is 0 Å². The van der Waals surface area contributed by atoms with Gasteiger partial charge in [-0.15, -0.1) is 0 Å². The molecule has 1 aliphatic heterocycles. The van der Waals surface area contributed by atoms with E-state index in [4.69, 9.17) is 13.6 Å². The Labute approximate surface area is 157 Å². The molecule has 1 aliphatic rings. The Bertz CT molecular complexity index is 1050. The maximum Gasteiger partial charge on any atom is 0.343 e. The number of ether oxygens (including phenoxy) is 1. The molecule has 6 nitrogen and oxygen atoms in total. The van der Waals surface area contributed by atoms with Crippen molar-refractivity contribution in [2.75, 3.05) is 20.1 Å². The summed E-state index contributed by atoms with van der Waals surface area (Å²) in [4.78, 5) is 14.2. The number of rotatable bonds is 3. The van der Waals surface area contributed by atoms with E-state index in [-0.39, 0.29) is 23.2 Å². The number of fused-ring (bicyclic) bond motifs is 1. The van der Waals surface area contributed by atoms with Crippen LogP contribution in [0.4, 0.5) is 0 Å². The van der Waals surface area contributed by atoms with Crippen LogP contribution in [0, 0.1) is 13.8 Å². The minimum absolute atomic E-state index is 0.0628. The van der Waals surface area contributed by atoms with E-state index < -0.39 is 5.63 Å². The molecule has 1 aromatic carbocycles. The highest BCUT2D eigenvalue weighted by Gasteiger charge is 2.20. The normalized spacial score (nSPS) is 18.1. The van der Waals surface area contributed by atoms with Gasteiger partial charge in [-0.3, -0.25) is 0 Å². The third-order valence-electron chi connectivity index (χ3n) is 5.15. The molecule has 1 N–H and O–H groups in total. The summed E-state index contributed by atoms with van der Waals surface area (Å²) in [6.07, 6.45) is 2.34. The van der Waals surface area contributed by atoms with Crippen molar-refractivity contribution >= 4 is 11.0 Å². The molecular weight excluding hydrogens is 346 g/mol. The Morgan fingerprint density at radius 2 is 2.00 bits per heavy atom. The average molecular weight is 369 g/mol. The summed E-state index contributed by atoms with van der Waals surface area (Å²) in [6, 6.07) is 7.50. The van der Waals surface area contributed by atoms with Crippen molar-refractivity contribution in [2.24, 2.45) is 0 Å². The summed E-state index contributed by atoms with van der Waals surface area (Å²) in [5, 5.41) is 11.0. The SMILES string of the molecule is Cc1c(-c2cc3ccc(OC4CCCN(C)C4)cc3o2)oc(=O)c(C)c1O. The lowest BCUT2D eigenvalue weighted by Crippen LogP contribution is -2.38. The van der Waals surface area contributed by atoms with Gasteiger partial charge in [-0.05, 0) is 58.5 Å². The average Bonchev–Trinajstić information content (AvgIpc) is 3.06. The zero-order valence-corrected chi connectivity index (χ0v) is 15.7. The highest BCUT2D eigenvalue weighted by atomic mass is 16.5. The van der Waals surface area contributed by atoms with E-state index in [0.29, 0.717) is 16.9 Å². The van der Waals surface area contributed by atoms with E-state index in [9.17, 15) is 9.90 Å². The number of likely N-dealkylation sites (tertiary alicyclic amines) is 1. The lowest BCUT2D eigenvalue weighted by molar-refractivity contribution is 0.104. The fourth-order valence-electron chi connectivity index (χ4n) is 3.57. The van der Waals surface area contributed by atoms with Gasteiger partial charge in [0.25, 0.3) is 0 Å². The lowest BCUT2D eigenvalue weighted by atomic mass is 10.1. The van der Waals surface area contributed by atoms with Gasteiger partial charge in [0.15, 0.2) is 11.5 Å². The largest absolute Gasteiger partial charge is 0.507 e. The van der Waals surface area contributed by atoms with Gasteiger partial charge in [0.2, 0.25) is 0 Å². The predicted molar refractivity (Wildman–Crippen MR) is 102 cm³/mol. The van der Waals surface area contributed by atoms with Crippen molar-refractivity contribution in [3.63, 3.8) is 0 Å². The van der Waals surface area contributed by atoms with Crippen molar-refractivity contribution in [1.29, 1.82) is 0 Å². The van der Waals surface area contributed by atoms with Gasteiger partial charge < -0.3 is 23.6 Å². The first-order valence-electron chi connectivity index (χ1n) is 9.15. The first kappa shape index (κ1) is 17.7. The molecule has 1 fully saturated rings. The number of aromatic hydroxyl groups is 1. The van der Waals surface area contributed by atoms with Crippen LogP contribution in [-0.4, -0.2) is 36.2 Å². The molecule has 2 aromatic heterocycles.